The molecule has 0 amide bonds. The Morgan fingerprint density at radius 2 is 1.71 bits per heavy atom. The first-order valence-corrected chi connectivity index (χ1v) is 12.0. The van der Waals surface area contributed by atoms with Crippen molar-refractivity contribution >= 4 is 15.5 Å². The standard InChI is InChI=1S/C24H24N4O2S/c1-2-21-23(31(29,30)20-11-7-4-8-12-20)24-25-22-13-14-27(15-18-9-5-3-6-10-18)16-19(22)17-28(24)26-21/h3-12,17H,2,13-16H2,1H3. The summed E-state index contributed by atoms with van der Waals surface area (Å²) in [6.45, 7) is 4.47. The molecule has 2 aromatic heterocycles. The van der Waals surface area contributed by atoms with Crippen molar-refractivity contribution < 1.29 is 8.42 Å². The molecule has 5 rings (SSSR count). The minimum absolute atomic E-state index is 0.232. The molecular weight excluding hydrogens is 408 g/mol. The highest BCUT2D eigenvalue weighted by atomic mass is 32.2. The number of sulfone groups is 1. The van der Waals surface area contributed by atoms with Crippen LogP contribution in [0.5, 0.6) is 0 Å². The largest absolute Gasteiger partial charge is 0.294 e. The molecule has 1 aliphatic rings. The average molecular weight is 433 g/mol. The maximum absolute atomic E-state index is 13.4. The third-order valence-electron chi connectivity index (χ3n) is 5.77. The maximum atomic E-state index is 13.4. The van der Waals surface area contributed by atoms with Gasteiger partial charge in [-0.25, -0.2) is 17.9 Å². The van der Waals surface area contributed by atoms with E-state index in [1.54, 1.807) is 28.8 Å². The van der Waals surface area contributed by atoms with Crippen molar-refractivity contribution in [1.29, 1.82) is 0 Å². The Labute approximate surface area is 182 Å². The second-order valence-electron chi connectivity index (χ2n) is 7.87. The number of nitrogens with zero attached hydrogens (tertiary/aromatic N) is 4. The van der Waals surface area contributed by atoms with Crippen molar-refractivity contribution in [3.63, 3.8) is 0 Å². The van der Waals surface area contributed by atoms with Gasteiger partial charge in [-0.15, -0.1) is 0 Å². The van der Waals surface area contributed by atoms with Crippen LogP contribution in [0.15, 0.2) is 76.7 Å². The van der Waals surface area contributed by atoms with E-state index in [2.05, 4.69) is 34.3 Å². The number of hydrogen-bond donors (Lipinski definition) is 0. The Balaban J connectivity index is 1.54. The van der Waals surface area contributed by atoms with Crippen LogP contribution in [-0.4, -0.2) is 34.5 Å². The van der Waals surface area contributed by atoms with Crippen molar-refractivity contribution in [3.8, 4) is 0 Å². The number of fused-ring (bicyclic) bond motifs is 2. The molecular formula is C24H24N4O2S. The van der Waals surface area contributed by atoms with E-state index in [4.69, 9.17) is 4.98 Å². The summed E-state index contributed by atoms with van der Waals surface area (Å²) in [5.41, 5.74) is 4.33. The van der Waals surface area contributed by atoms with Gasteiger partial charge in [-0.3, -0.25) is 4.90 Å². The normalized spacial score (nSPS) is 14.6. The summed E-state index contributed by atoms with van der Waals surface area (Å²) in [6.07, 6.45) is 3.27. The fourth-order valence-corrected chi connectivity index (χ4v) is 5.83. The lowest BCUT2D eigenvalue weighted by molar-refractivity contribution is 0.243. The third kappa shape index (κ3) is 3.64. The lowest BCUT2D eigenvalue weighted by atomic mass is 10.1. The molecule has 0 fully saturated rings. The Kier molecular flexibility index (Phi) is 5.08. The van der Waals surface area contributed by atoms with E-state index in [9.17, 15) is 8.42 Å². The van der Waals surface area contributed by atoms with E-state index in [1.165, 1.54) is 5.56 Å². The zero-order valence-electron chi connectivity index (χ0n) is 17.4. The molecule has 158 valence electrons. The molecule has 0 aliphatic carbocycles. The topological polar surface area (TPSA) is 67.6 Å². The van der Waals surface area contributed by atoms with Crippen molar-refractivity contribution in [2.24, 2.45) is 0 Å². The van der Waals surface area contributed by atoms with Crippen LogP contribution in [0.3, 0.4) is 0 Å². The number of rotatable bonds is 5. The van der Waals surface area contributed by atoms with E-state index in [-0.39, 0.29) is 9.79 Å². The molecule has 31 heavy (non-hydrogen) atoms. The van der Waals surface area contributed by atoms with E-state index < -0.39 is 9.84 Å². The van der Waals surface area contributed by atoms with Crippen LogP contribution in [0.25, 0.3) is 5.65 Å². The first kappa shape index (κ1) is 19.9. The summed E-state index contributed by atoms with van der Waals surface area (Å²) in [7, 11) is -3.70. The van der Waals surface area contributed by atoms with Crippen LogP contribution in [0.2, 0.25) is 0 Å². The van der Waals surface area contributed by atoms with Crippen LogP contribution in [0.1, 0.15) is 29.4 Å². The zero-order valence-corrected chi connectivity index (χ0v) is 18.2. The van der Waals surface area contributed by atoms with Crippen LogP contribution >= 0.6 is 0 Å². The predicted molar refractivity (Wildman–Crippen MR) is 119 cm³/mol. The minimum Gasteiger partial charge on any atom is -0.294 e. The SMILES string of the molecule is CCc1nn2cc3c(nc2c1S(=O)(=O)c1ccccc1)CCN(Cc1ccccc1)C3. The molecule has 0 atom stereocenters. The minimum atomic E-state index is -3.70. The number of aromatic nitrogens is 3. The van der Waals surface area contributed by atoms with Gasteiger partial charge in [-0.2, -0.15) is 5.10 Å². The first-order valence-electron chi connectivity index (χ1n) is 10.5. The summed E-state index contributed by atoms with van der Waals surface area (Å²) >= 11 is 0. The molecule has 7 heteroatoms. The van der Waals surface area contributed by atoms with Gasteiger partial charge >= 0.3 is 0 Å². The molecule has 1 aliphatic heterocycles. The highest BCUT2D eigenvalue weighted by Crippen LogP contribution is 2.29. The molecule has 0 saturated heterocycles. The molecule has 0 N–H and O–H groups in total. The smallest absolute Gasteiger partial charge is 0.212 e. The van der Waals surface area contributed by atoms with Crippen molar-refractivity contribution in [3.05, 3.63) is 89.4 Å². The fraction of sp³-hybridized carbons (Fsp3) is 0.250. The average Bonchev–Trinajstić information content (AvgIpc) is 3.17. The van der Waals surface area contributed by atoms with Gasteiger partial charge < -0.3 is 0 Å². The summed E-state index contributed by atoms with van der Waals surface area (Å²) in [6, 6.07) is 19.0. The maximum Gasteiger partial charge on any atom is 0.212 e. The quantitative estimate of drug-likeness (QED) is 0.481. The Morgan fingerprint density at radius 1 is 1.00 bits per heavy atom. The highest BCUT2D eigenvalue weighted by Gasteiger charge is 2.29. The van der Waals surface area contributed by atoms with E-state index in [1.807, 2.05) is 25.3 Å². The van der Waals surface area contributed by atoms with Gasteiger partial charge in [0.1, 0.15) is 4.90 Å². The Hall–Kier alpha value is -3.03. The molecule has 0 unspecified atom stereocenters. The Morgan fingerprint density at radius 3 is 2.42 bits per heavy atom. The molecule has 3 heterocycles. The van der Waals surface area contributed by atoms with Gasteiger partial charge in [0.25, 0.3) is 0 Å². The second-order valence-corrected chi connectivity index (χ2v) is 9.76. The lowest BCUT2D eigenvalue weighted by Gasteiger charge is -2.28. The van der Waals surface area contributed by atoms with Gasteiger partial charge in [0.2, 0.25) is 9.84 Å². The summed E-state index contributed by atoms with van der Waals surface area (Å²) in [5, 5.41) is 4.60. The van der Waals surface area contributed by atoms with Crippen LogP contribution in [-0.2, 0) is 35.8 Å². The first-order chi connectivity index (χ1) is 15.1. The van der Waals surface area contributed by atoms with Gasteiger partial charge in [-0.1, -0.05) is 55.5 Å². The Bertz CT molecular complexity index is 1330. The molecule has 0 radical (unpaired) electrons. The molecule has 6 nitrogen and oxygen atoms in total. The van der Waals surface area contributed by atoms with Gasteiger partial charge in [0.05, 0.1) is 16.3 Å². The second kappa shape index (κ2) is 7.90. The van der Waals surface area contributed by atoms with Gasteiger partial charge in [0.15, 0.2) is 5.65 Å². The summed E-state index contributed by atoms with van der Waals surface area (Å²) < 4.78 is 28.5. The number of aryl methyl sites for hydroxylation is 1. The summed E-state index contributed by atoms with van der Waals surface area (Å²) in [4.78, 5) is 7.70. The third-order valence-corrected chi connectivity index (χ3v) is 7.61. The van der Waals surface area contributed by atoms with Gasteiger partial charge in [0, 0.05) is 37.8 Å². The molecule has 0 spiro atoms. The zero-order chi connectivity index (χ0) is 21.4. The molecule has 2 aromatic carbocycles. The number of benzene rings is 2. The van der Waals surface area contributed by atoms with E-state index in [0.717, 1.165) is 37.3 Å². The summed E-state index contributed by atoms with van der Waals surface area (Å²) in [5.74, 6) is 0. The van der Waals surface area contributed by atoms with Crippen LogP contribution in [0, 0.1) is 0 Å². The fourth-order valence-electron chi connectivity index (χ4n) is 4.20. The van der Waals surface area contributed by atoms with Crippen molar-refractivity contribution in [1.82, 2.24) is 19.5 Å². The van der Waals surface area contributed by atoms with E-state index >= 15 is 0 Å². The van der Waals surface area contributed by atoms with Crippen molar-refractivity contribution in [2.75, 3.05) is 6.54 Å². The molecule has 0 bridgehead atoms. The highest BCUT2D eigenvalue weighted by molar-refractivity contribution is 7.91. The molecule has 4 aromatic rings. The molecule has 0 saturated carbocycles. The van der Waals surface area contributed by atoms with Crippen molar-refractivity contribution in [2.45, 2.75) is 42.6 Å². The van der Waals surface area contributed by atoms with Crippen LogP contribution < -0.4 is 0 Å². The monoisotopic (exact) mass is 432 g/mol. The lowest BCUT2D eigenvalue weighted by Crippen LogP contribution is -2.31. The number of hydrogen-bond acceptors (Lipinski definition) is 5. The van der Waals surface area contributed by atoms with Gasteiger partial charge in [-0.05, 0) is 24.1 Å². The predicted octanol–water partition coefficient (Wildman–Crippen LogP) is 3.68. The van der Waals surface area contributed by atoms with Crippen LogP contribution in [0.4, 0.5) is 0 Å². The van der Waals surface area contributed by atoms with E-state index in [0.29, 0.717) is 17.8 Å².